The standard InChI is InChI=1S/C12H12ClF3N2/c1-2-10-9-7-8(13)3-4-11(9)18(17-10)6-5-12(14,15)16/h3-4,7H,2,5-6H2,1H3. The van der Waals surface area contributed by atoms with E-state index in [-0.39, 0.29) is 6.54 Å². The zero-order chi connectivity index (χ0) is 13.3. The number of nitrogens with zero attached hydrogens (tertiary/aromatic N) is 2. The molecule has 0 aliphatic heterocycles. The molecule has 0 bridgehead atoms. The minimum Gasteiger partial charge on any atom is -0.264 e. The highest BCUT2D eigenvalue weighted by Crippen LogP contribution is 2.25. The predicted octanol–water partition coefficient (Wildman–Crippen LogP) is 4.20. The molecule has 0 spiro atoms. The molecule has 0 aliphatic rings. The third kappa shape index (κ3) is 2.77. The maximum Gasteiger partial charge on any atom is 0.390 e. The number of benzene rings is 1. The van der Waals surface area contributed by atoms with Gasteiger partial charge in [0.05, 0.1) is 24.2 Å². The van der Waals surface area contributed by atoms with E-state index in [0.717, 1.165) is 11.1 Å². The van der Waals surface area contributed by atoms with Gasteiger partial charge in [-0.3, -0.25) is 4.68 Å². The molecule has 2 rings (SSSR count). The van der Waals surface area contributed by atoms with Gasteiger partial charge in [0.15, 0.2) is 0 Å². The van der Waals surface area contributed by atoms with Gasteiger partial charge in [0.1, 0.15) is 0 Å². The highest BCUT2D eigenvalue weighted by atomic mass is 35.5. The molecule has 0 N–H and O–H groups in total. The van der Waals surface area contributed by atoms with Crippen LogP contribution < -0.4 is 0 Å². The van der Waals surface area contributed by atoms with E-state index in [4.69, 9.17) is 11.6 Å². The van der Waals surface area contributed by atoms with Crippen molar-refractivity contribution in [2.24, 2.45) is 0 Å². The molecule has 0 saturated carbocycles. The summed E-state index contributed by atoms with van der Waals surface area (Å²) in [5.41, 5.74) is 1.47. The van der Waals surface area contributed by atoms with Crippen molar-refractivity contribution in [3.05, 3.63) is 28.9 Å². The maximum absolute atomic E-state index is 12.2. The van der Waals surface area contributed by atoms with Crippen molar-refractivity contribution in [1.29, 1.82) is 0 Å². The Labute approximate surface area is 107 Å². The van der Waals surface area contributed by atoms with Gasteiger partial charge in [-0.1, -0.05) is 18.5 Å². The normalized spacial score (nSPS) is 12.3. The Kier molecular flexibility index (Phi) is 3.52. The van der Waals surface area contributed by atoms with Gasteiger partial charge in [0.2, 0.25) is 0 Å². The molecule has 0 atom stereocenters. The Morgan fingerprint density at radius 2 is 2.06 bits per heavy atom. The van der Waals surface area contributed by atoms with E-state index in [1.54, 1.807) is 18.2 Å². The Morgan fingerprint density at radius 3 is 2.67 bits per heavy atom. The van der Waals surface area contributed by atoms with Gasteiger partial charge in [-0.05, 0) is 24.6 Å². The topological polar surface area (TPSA) is 17.8 Å². The van der Waals surface area contributed by atoms with Gasteiger partial charge in [-0.2, -0.15) is 18.3 Å². The van der Waals surface area contributed by atoms with Gasteiger partial charge in [0, 0.05) is 10.4 Å². The average molecular weight is 277 g/mol. The smallest absolute Gasteiger partial charge is 0.264 e. The van der Waals surface area contributed by atoms with Crippen LogP contribution in [0.3, 0.4) is 0 Å². The van der Waals surface area contributed by atoms with Crippen LogP contribution in [-0.2, 0) is 13.0 Å². The van der Waals surface area contributed by atoms with Crippen molar-refractivity contribution in [1.82, 2.24) is 9.78 Å². The second kappa shape index (κ2) is 4.80. The number of aryl methyl sites for hydroxylation is 2. The fourth-order valence-electron chi connectivity index (χ4n) is 1.88. The van der Waals surface area contributed by atoms with Crippen LogP contribution in [0.25, 0.3) is 10.9 Å². The van der Waals surface area contributed by atoms with Crippen molar-refractivity contribution >= 4 is 22.5 Å². The van der Waals surface area contributed by atoms with E-state index in [1.807, 2.05) is 6.92 Å². The lowest BCUT2D eigenvalue weighted by Gasteiger charge is -2.07. The number of alkyl halides is 3. The molecule has 2 nitrogen and oxygen atoms in total. The fourth-order valence-corrected chi connectivity index (χ4v) is 2.05. The van der Waals surface area contributed by atoms with E-state index in [2.05, 4.69) is 5.10 Å². The van der Waals surface area contributed by atoms with Crippen LogP contribution in [0, 0.1) is 0 Å². The molecule has 0 radical (unpaired) electrons. The fraction of sp³-hybridized carbons (Fsp3) is 0.417. The average Bonchev–Trinajstić information content (AvgIpc) is 2.63. The monoisotopic (exact) mass is 276 g/mol. The van der Waals surface area contributed by atoms with E-state index in [9.17, 15) is 13.2 Å². The summed E-state index contributed by atoms with van der Waals surface area (Å²) in [4.78, 5) is 0. The number of fused-ring (bicyclic) bond motifs is 1. The van der Waals surface area contributed by atoms with Gasteiger partial charge in [0.25, 0.3) is 0 Å². The summed E-state index contributed by atoms with van der Waals surface area (Å²) in [6.07, 6.45) is -4.39. The quantitative estimate of drug-likeness (QED) is 0.821. The summed E-state index contributed by atoms with van der Waals surface area (Å²) < 4.78 is 38.1. The van der Waals surface area contributed by atoms with Crippen molar-refractivity contribution in [2.45, 2.75) is 32.5 Å². The lowest BCUT2D eigenvalue weighted by molar-refractivity contribution is -0.137. The van der Waals surface area contributed by atoms with Crippen LogP contribution in [0.15, 0.2) is 18.2 Å². The van der Waals surface area contributed by atoms with Crippen LogP contribution in [0.4, 0.5) is 13.2 Å². The van der Waals surface area contributed by atoms with Crippen LogP contribution in [-0.4, -0.2) is 16.0 Å². The van der Waals surface area contributed by atoms with Gasteiger partial charge in [-0.25, -0.2) is 0 Å². The molecule has 1 aromatic heterocycles. The summed E-state index contributed by atoms with van der Waals surface area (Å²) in [5.74, 6) is 0. The number of halogens is 4. The van der Waals surface area contributed by atoms with Crippen LogP contribution >= 0.6 is 11.6 Å². The Balaban J connectivity index is 2.39. The lowest BCUT2D eigenvalue weighted by atomic mass is 10.2. The van der Waals surface area contributed by atoms with Crippen LogP contribution in [0.5, 0.6) is 0 Å². The Bertz CT molecular complexity index is 560. The molecule has 1 aromatic carbocycles. The van der Waals surface area contributed by atoms with Crippen molar-refractivity contribution in [3.8, 4) is 0 Å². The van der Waals surface area contributed by atoms with Crippen molar-refractivity contribution in [3.63, 3.8) is 0 Å². The minimum atomic E-state index is -4.17. The molecule has 0 unspecified atom stereocenters. The van der Waals surface area contributed by atoms with E-state index < -0.39 is 12.6 Å². The van der Waals surface area contributed by atoms with E-state index >= 15 is 0 Å². The second-order valence-corrected chi connectivity index (χ2v) is 4.49. The van der Waals surface area contributed by atoms with E-state index in [1.165, 1.54) is 4.68 Å². The zero-order valence-electron chi connectivity index (χ0n) is 9.76. The SMILES string of the molecule is CCc1nn(CCC(F)(F)F)c2ccc(Cl)cc12. The highest BCUT2D eigenvalue weighted by Gasteiger charge is 2.27. The lowest BCUT2D eigenvalue weighted by Crippen LogP contribution is -2.13. The summed E-state index contributed by atoms with van der Waals surface area (Å²) in [5, 5.41) is 5.60. The predicted molar refractivity (Wildman–Crippen MR) is 64.8 cm³/mol. The third-order valence-corrected chi connectivity index (χ3v) is 2.97. The maximum atomic E-state index is 12.2. The van der Waals surface area contributed by atoms with Crippen LogP contribution in [0.1, 0.15) is 19.0 Å². The molecule has 0 saturated heterocycles. The molecule has 1 heterocycles. The molecule has 98 valence electrons. The molecule has 0 aliphatic carbocycles. The minimum absolute atomic E-state index is 0.165. The number of hydrogen-bond acceptors (Lipinski definition) is 1. The zero-order valence-corrected chi connectivity index (χ0v) is 10.5. The number of hydrogen-bond donors (Lipinski definition) is 0. The summed E-state index contributed by atoms with van der Waals surface area (Å²) >= 11 is 5.89. The summed E-state index contributed by atoms with van der Waals surface area (Å²) in [6.45, 7) is 1.75. The summed E-state index contributed by atoms with van der Waals surface area (Å²) in [7, 11) is 0. The second-order valence-electron chi connectivity index (χ2n) is 4.05. The molecule has 18 heavy (non-hydrogen) atoms. The first-order valence-electron chi connectivity index (χ1n) is 5.62. The molecule has 0 amide bonds. The first kappa shape index (κ1) is 13.2. The number of rotatable bonds is 3. The third-order valence-electron chi connectivity index (χ3n) is 2.73. The highest BCUT2D eigenvalue weighted by molar-refractivity contribution is 6.31. The van der Waals surface area contributed by atoms with Crippen LogP contribution in [0.2, 0.25) is 5.02 Å². The molecule has 2 aromatic rings. The molecular formula is C12H12ClF3N2. The van der Waals surface area contributed by atoms with Gasteiger partial charge >= 0.3 is 6.18 Å². The Hall–Kier alpha value is -1.23. The molecule has 6 heteroatoms. The first-order chi connectivity index (χ1) is 8.40. The van der Waals surface area contributed by atoms with Crippen molar-refractivity contribution < 1.29 is 13.2 Å². The van der Waals surface area contributed by atoms with Gasteiger partial charge < -0.3 is 0 Å². The molecule has 0 fully saturated rings. The van der Waals surface area contributed by atoms with E-state index in [0.29, 0.717) is 17.0 Å². The largest absolute Gasteiger partial charge is 0.390 e. The van der Waals surface area contributed by atoms with Gasteiger partial charge in [-0.15, -0.1) is 0 Å². The molecular weight excluding hydrogens is 265 g/mol. The number of aromatic nitrogens is 2. The first-order valence-corrected chi connectivity index (χ1v) is 6.00. The summed E-state index contributed by atoms with van der Waals surface area (Å²) in [6, 6.07) is 5.11. The Morgan fingerprint density at radius 1 is 1.33 bits per heavy atom. The van der Waals surface area contributed by atoms with Crippen molar-refractivity contribution in [2.75, 3.05) is 0 Å².